The number of aliphatic carboxylic acids is 1. The fraction of sp³-hybridized carbons (Fsp3) is 0.294. The van der Waals surface area contributed by atoms with Gasteiger partial charge in [0, 0.05) is 17.2 Å². The van der Waals surface area contributed by atoms with E-state index in [1.54, 1.807) is 0 Å². The fourth-order valence-electron chi connectivity index (χ4n) is 2.02. The first-order valence-corrected chi connectivity index (χ1v) is 9.48. The number of thioether (sulfide) groups is 1. The third-order valence-corrected chi connectivity index (χ3v) is 5.13. The van der Waals surface area contributed by atoms with Gasteiger partial charge in [-0.2, -0.15) is 0 Å². The first-order valence-electron chi connectivity index (χ1n) is 7.51. The molecule has 1 heterocycles. The van der Waals surface area contributed by atoms with E-state index in [-0.39, 0.29) is 11.7 Å². The molecule has 24 heavy (non-hydrogen) atoms. The summed E-state index contributed by atoms with van der Waals surface area (Å²) in [5, 5.41) is 11.4. The summed E-state index contributed by atoms with van der Waals surface area (Å²) in [6.07, 6.45) is 0. The number of ether oxygens (including phenoxy) is 1. The Morgan fingerprint density at radius 3 is 2.71 bits per heavy atom. The molecule has 0 bridgehead atoms. The molecule has 1 aromatic heterocycles. The minimum atomic E-state index is -0.851. The third kappa shape index (κ3) is 5.28. The summed E-state index contributed by atoms with van der Waals surface area (Å²) >= 11 is 2.66. The lowest BCUT2D eigenvalue weighted by Gasteiger charge is -2.05. The first-order chi connectivity index (χ1) is 11.6. The van der Waals surface area contributed by atoms with Crippen LogP contribution in [0.25, 0.3) is 10.4 Å². The Hall–Kier alpha value is -1.99. The van der Waals surface area contributed by atoms with Gasteiger partial charge in [-0.1, -0.05) is 30.3 Å². The van der Waals surface area contributed by atoms with Crippen LogP contribution in [0.4, 0.5) is 0 Å². The Balaban J connectivity index is 2.03. The molecule has 7 heteroatoms. The summed E-state index contributed by atoms with van der Waals surface area (Å²) in [4.78, 5) is 24.3. The highest BCUT2D eigenvalue weighted by Crippen LogP contribution is 2.36. The molecule has 1 amide bonds. The molecule has 0 spiro atoms. The zero-order valence-corrected chi connectivity index (χ0v) is 14.9. The van der Waals surface area contributed by atoms with Crippen molar-refractivity contribution in [3.63, 3.8) is 0 Å². The molecule has 5 nitrogen and oxygen atoms in total. The average Bonchev–Trinajstić information content (AvgIpc) is 2.99. The highest BCUT2D eigenvalue weighted by Gasteiger charge is 2.18. The van der Waals surface area contributed by atoms with Crippen LogP contribution in [-0.2, 0) is 4.79 Å². The van der Waals surface area contributed by atoms with Crippen molar-refractivity contribution < 1.29 is 19.4 Å². The molecular formula is C17H19NO4S2. The molecule has 2 rings (SSSR count). The minimum absolute atomic E-state index is 0.0389. The largest absolute Gasteiger partial charge is 0.492 e. The number of thiophene rings is 1. The number of nitrogens with one attached hydrogen (secondary N) is 1. The molecular weight excluding hydrogens is 346 g/mol. The number of hydrogen-bond donors (Lipinski definition) is 2. The van der Waals surface area contributed by atoms with Crippen LogP contribution >= 0.6 is 23.1 Å². The Bertz CT molecular complexity index is 685. The van der Waals surface area contributed by atoms with Gasteiger partial charge in [-0.25, -0.2) is 0 Å². The van der Waals surface area contributed by atoms with Gasteiger partial charge in [0.05, 0.1) is 12.4 Å². The molecule has 0 aliphatic heterocycles. The van der Waals surface area contributed by atoms with Gasteiger partial charge in [-0.05, 0) is 18.6 Å². The maximum atomic E-state index is 12.4. The van der Waals surface area contributed by atoms with E-state index in [4.69, 9.17) is 9.84 Å². The van der Waals surface area contributed by atoms with E-state index in [0.717, 1.165) is 10.4 Å². The van der Waals surface area contributed by atoms with Crippen LogP contribution in [0.2, 0.25) is 0 Å². The second kappa shape index (κ2) is 9.34. The standard InChI is InChI=1S/C17H19NO4S2/c1-2-22-13-10-14(12-6-4-3-5-7-12)24-16(13)17(21)18-8-9-23-11-15(19)20/h3-7,10H,2,8-9,11H2,1H3,(H,18,21)(H,19,20). The molecule has 0 fully saturated rings. The van der Waals surface area contributed by atoms with Crippen LogP contribution in [0.1, 0.15) is 16.6 Å². The Morgan fingerprint density at radius 1 is 1.29 bits per heavy atom. The highest BCUT2D eigenvalue weighted by atomic mass is 32.2. The maximum Gasteiger partial charge on any atom is 0.313 e. The fourth-order valence-corrected chi connectivity index (χ4v) is 3.60. The van der Waals surface area contributed by atoms with Crippen molar-refractivity contribution in [1.82, 2.24) is 5.32 Å². The molecule has 2 N–H and O–H groups in total. The van der Waals surface area contributed by atoms with E-state index in [1.165, 1.54) is 23.1 Å². The van der Waals surface area contributed by atoms with E-state index in [9.17, 15) is 9.59 Å². The summed E-state index contributed by atoms with van der Waals surface area (Å²) in [7, 11) is 0. The van der Waals surface area contributed by atoms with E-state index in [2.05, 4.69) is 5.32 Å². The summed E-state index contributed by atoms with van der Waals surface area (Å²) in [5.41, 5.74) is 1.04. The Morgan fingerprint density at radius 2 is 2.04 bits per heavy atom. The molecule has 0 radical (unpaired) electrons. The molecule has 0 aliphatic rings. The van der Waals surface area contributed by atoms with Crippen molar-refractivity contribution in [2.45, 2.75) is 6.92 Å². The second-order valence-corrected chi connectivity index (χ2v) is 6.96. The number of carboxylic acids is 1. The molecule has 0 saturated heterocycles. The summed E-state index contributed by atoms with van der Waals surface area (Å²) in [6, 6.07) is 11.7. The van der Waals surface area contributed by atoms with Crippen molar-refractivity contribution in [1.29, 1.82) is 0 Å². The minimum Gasteiger partial charge on any atom is -0.492 e. The zero-order valence-electron chi connectivity index (χ0n) is 13.3. The molecule has 2 aromatic rings. The van der Waals surface area contributed by atoms with Crippen molar-refractivity contribution in [2.75, 3.05) is 24.7 Å². The average molecular weight is 365 g/mol. The van der Waals surface area contributed by atoms with Gasteiger partial charge in [0.2, 0.25) is 0 Å². The van der Waals surface area contributed by atoms with Gasteiger partial charge >= 0.3 is 5.97 Å². The van der Waals surface area contributed by atoms with Crippen LogP contribution < -0.4 is 10.1 Å². The Labute approximate surface area is 149 Å². The number of hydrogen-bond acceptors (Lipinski definition) is 5. The lowest BCUT2D eigenvalue weighted by molar-refractivity contribution is -0.133. The SMILES string of the molecule is CCOc1cc(-c2ccccc2)sc1C(=O)NCCSCC(=O)O. The number of rotatable bonds is 9. The number of benzene rings is 1. The predicted molar refractivity (Wildman–Crippen MR) is 98.2 cm³/mol. The lowest BCUT2D eigenvalue weighted by Crippen LogP contribution is -2.25. The number of carboxylic acid groups (broad SMARTS) is 1. The van der Waals surface area contributed by atoms with E-state index in [0.29, 0.717) is 29.5 Å². The van der Waals surface area contributed by atoms with Crippen molar-refractivity contribution in [2.24, 2.45) is 0 Å². The van der Waals surface area contributed by atoms with Gasteiger partial charge in [-0.3, -0.25) is 9.59 Å². The van der Waals surface area contributed by atoms with Gasteiger partial charge in [0.15, 0.2) is 0 Å². The molecule has 0 saturated carbocycles. The second-order valence-electron chi connectivity index (χ2n) is 4.81. The Kier molecular flexibility index (Phi) is 7.14. The van der Waals surface area contributed by atoms with E-state index >= 15 is 0 Å². The smallest absolute Gasteiger partial charge is 0.313 e. The monoisotopic (exact) mass is 365 g/mol. The zero-order chi connectivity index (χ0) is 17.4. The van der Waals surface area contributed by atoms with E-state index < -0.39 is 5.97 Å². The summed E-state index contributed by atoms with van der Waals surface area (Å²) < 4.78 is 5.59. The number of carbonyl (C=O) groups is 2. The highest BCUT2D eigenvalue weighted by molar-refractivity contribution is 7.99. The van der Waals surface area contributed by atoms with Crippen molar-refractivity contribution in [3.05, 3.63) is 41.3 Å². The van der Waals surface area contributed by atoms with E-state index in [1.807, 2.05) is 43.3 Å². The first kappa shape index (κ1) is 18.4. The topological polar surface area (TPSA) is 75.6 Å². The number of carbonyl (C=O) groups excluding carboxylic acids is 1. The normalized spacial score (nSPS) is 10.4. The summed E-state index contributed by atoms with van der Waals surface area (Å²) in [5.74, 6) is 0.130. The number of amides is 1. The summed E-state index contributed by atoms with van der Waals surface area (Å²) in [6.45, 7) is 2.78. The quantitative estimate of drug-likeness (QED) is 0.667. The predicted octanol–water partition coefficient (Wildman–Crippen LogP) is 3.36. The van der Waals surface area contributed by atoms with Gasteiger partial charge < -0.3 is 15.2 Å². The van der Waals surface area contributed by atoms with Crippen LogP contribution in [-0.4, -0.2) is 41.6 Å². The molecule has 0 aliphatic carbocycles. The molecule has 1 aromatic carbocycles. The molecule has 0 atom stereocenters. The van der Waals surface area contributed by atoms with Crippen LogP contribution in [0.5, 0.6) is 5.75 Å². The van der Waals surface area contributed by atoms with Crippen LogP contribution in [0.15, 0.2) is 36.4 Å². The van der Waals surface area contributed by atoms with Gasteiger partial charge in [0.25, 0.3) is 5.91 Å². The van der Waals surface area contributed by atoms with Crippen molar-refractivity contribution >= 4 is 35.0 Å². The van der Waals surface area contributed by atoms with Crippen LogP contribution in [0.3, 0.4) is 0 Å². The third-order valence-electron chi connectivity index (χ3n) is 3.02. The van der Waals surface area contributed by atoms with Gasteiger partial charge in [0.1, 0.15) is 10.6 Å². The van der Waals surface area contributed by atoms with Crippen molar-refractivity contribution in [3.8, 4) is 16.2 Å². The van der Waals surface area contributed by atoms with Crippen LogP contribution in [0, 0.1) is 0 Å². The lowest BCUT2D eigenvalue weighted by atomic mass is 10.2. The molecule has 128 valence electrons. The van der Waals surface area contributed by atoms with Gasteiger partial charge in [-0.15, -0.1) is 23.1 Å². The molecule has 0 unspecified atom stereocenters. The maximum absolute atomic E-state index is 12.4.